The molecule has 188 valence electrons. The maximum atomic E-state index is 13.1. The molecule has 5 aliphatic rings. The SMILES string of the molecule is CCN(CC)Cc1ccc(C(=O)O[C@H]2O[C@@H]3O[C@@]4(C)CC[C@H]5[C@H](C)CC[C@@H]([C@H]2C)[C@@]35OO4)cc1. The van der Waals surface area contributed by atoms with Crippen LogP contribution in [0.25, 0.3) is 0 Å². The first-order chi connectivity index (χ1) is 16.3. The highest BCUT2D eigenvalue weighted by Gasteiger charge is 2.69. The number of fused-ring (bicyclic) bond motifs is 2. The van der Waals surface area contributed by atoms with Gasteiger partial charge in [0.15, 0.2) is 11.9 Å². The van der Waals surface area contributed by atoms with Crippen LogP contribution in [0.5, 0.6) is 0 Å². The number of benzene rings is 1. The second-order valence-electron chi connectivity index (χ2n) is 10.8. The molecule has 34 heavy (non-hydrogen) atoms. The summed E-state index contributed by atoms with van der Waals surface area (Å²) in [7, 11) is 0. The number of esters is 1. The topological polar surface area (TPSA) is 66.5 Å². The van der Waals surface area contributed by atoms with E-state index in [1.165, 1.54) is 5.56 Å². The van der Waals surface area contributed by atoms with Crippen LogP contribution in [-0.4, -0.2) is 47.9 Å². The number of ether oxygens (including phenoxy) is 3. The molecular weight excluding hydrogens is 434 g/mol. The van der Waals surface area contributed by atoms with Crippen LogP contribution >= 0.6 is 0 Å². The van der Waals surface area contributed by atoms with Crippen molar-refractivity contribution >= 4 is 5.97 Å². The van der Waals surface area contributed by atoms with Crippen molar-refractivity contribution in [2.24, 2.45) is 23.7 Å². The van der Waals surface area contributed by atoms with Gasteiger partial charge in [0.05, 0.1) is 5.56 Å². The van der Waals surface area contributed by atoms with Crippen LogP contribution in [0.4, 0.5) is 0 Å². The fraction of sp³-hybridized carbons (Fsp3) is 0.741. The molecule has 8 atom stereocenters. The zero-order chi connectivity index (χ0) is 24.1. The number of hydrogen-bond donors (Lipinski definition) is 0. The van der Waals surface area contributed by atoms with E-state index >= 15 is 0 Å². The van der Waals surface area contributed by atoms with E-state index in [2.05, 4.69) is 32.6 Å². The van der Waals surface area contributed by atoms with Crippen LogP contribution in [0.1, 0.15) is 76.2 Å². The zero-order valence-corrected chi connectivity index (χ0v) is 21.1. The van der Waals surface area contributed by atoms with Gasteiger partial charge in [0.1, 0.15) is 0 Å². The number of hydrogen-bond acceptors (Lipinski definition) is 7. The molecule has 1 aromatic carbocycles. The van der Waals surface area contributed by atoms with Crippen LogP contribution in [0.15, 0.2) is 24.3 Å². The molecule has 1 saturated carbocycles. The van der Waals surface area contributed by atoms with Crippen LogP contribution < -0.4 is 0 Å². The van der Waals surface area contributed by atoms with E-state index in [1.54, 1.807) is 0 Å². The van der Waals surface area contributed by atoms with Gasteiger partial charge in [-0.3, -0.25) is 4.90 Å². The second-order valence-corrected chi connectivity index (χ2v) is 10.8. The highest BCUT2D eigenvalue weighted by atomic mass is 17.3. The monoisotopic (exact) mass is 473 g/mol. The summed E-state index contributed by atoms with van der Waals surface area (Å²) in [6.45, 7) is 13.5. The quantitative estimate of drug-likeness (QED) is 0.430. The van der Waals surface area contributed by atoms with Crippen molar-refractivity contribution in [1.29, 1.82) is 0 Å². The minimum Gasteiger partial charge on any atom is -0.432 e. The lowest BCUT2D eigenvalue weighted by Gasteiger charge is -2.59. The van der Waals surface area contributed by atoms with Crippen molar-refractivity contribution in [2.75, 3.05) is 13.1 Å². The van der Waals surface area contributed by atoms with Gasteiger partial charge in [0.25, 0.3) is 0 Å². The van der Waals surface area contributed by atoms with Crippen LogP contribution in [0.2, 0.25) is 0 Å². The molecule has 6 rings (SSSR count). The molecule has 5 fully saturated rings. The molecule has 4 aliphatic heterocycles. The van der Waals surface area contributed by atoms with Gasteiger partial charge in [-0.15, -0.1) is 0 Å². The molecule has 7 heteroatoms. The van der Waals surface area contributed by atoms with Crippen molar-refractivity contribution in [2.45, 2.75) is 90.8 Å². The second kappa shape index (κ2) is 9.17. The maximum Gasteiger partial charge on any atom is 0.340 e. The van der Waals surface area contributed by atoms with Crippen LogP contribution in [-0.2, 0) is 30.5 Å². The van der Waals surface area contributed by atoms with E-state index in [-0.39, 0.29) is 23.7 Å². The third-order valence-corrected chi connectivity index (χ3v) is 8.81. The molecule has 0 radical (unpaired) electrons. The third-order valence-electron chi connectivity index (χ3n) is 8.81. The average molecular weight is 474 g/mol. The Kier molecular flexibility index (Phi) is 6.53. The maximum absolute atomic E-state index is 13.1. The van der Waals surface area contributed by atoms with E-state index in [0.717, 1.165) is 45.3 Å². The van der Waals surface area contributed by atoms with Gasteiger partial charge in [-0.2, -0.15) is 0 Å². The molecule has 1 spiro atoms. The Morgan fingerprint density at radius 1 is 1.06 bits per heavy atom. The molecule has 0 aromatic heterocycles. The van der Waals surface area contributed by atoms with Gasteiger partial charge in [0, 0.05) is 24.8 Å². The Morgan fingerprint density at radius 2 is 1.79 bits per heavy atom. The lowest BCUT2D eigenvalue weighted by Crippen LogP contribution is -2.70. The standard InChI is InChI=1S/C27H39NO6/c1-6-28(7-2)16-19-9-11-20(12-10-19)23(29)30-24-18(4)22-13-8-17(3)21-14-15-26(5)32-25(31-24)27(21,22)34-33-26/h9-12,17-18,21-22,24-25H,6-8,13-16H2,1-5H3/t17-,18-,21+,22+,24+,25-,26-,27-/m1/s1. The fourth-order valence-corrected chi connectivity index (χ4v) is 6.63. The van der Waals surface area contributed by atoms with E-state index in [4.69, 9.17) is 24.0 Å². The van der Waals surface area contributed by atoms with E-state index in [1.807, 2.05) is 31.2 Å². The van der Waals surface area contributed by atoms with Crippen molar-refractivity contribution in [3.8, 4) is 0 Å². The van der Waals surface area contributed by atoms with Gasteiger partial charge in [-0.05, 0) is 68.8 Å². The van der Waals surface area contributed by atoms with Crippen LogP contribution in [0, 0.1) is 23.7 Å². The Hall–Kier alpha value is -1.51. The zero-order valence-electron chi connectivity index (χ0n) is 21.1. The number of rotatable bonds is 6. The Labute approximate surface area is 202 Å². The van der Waals surface area contributed by atoms with Crippen molar-refractivity contribution < 1.29 is 28.8 Å². The average Bonchev–Trinajstić information content (AvgIpc) is 3.07. The predicted octanol–water partition coefficient (Wildman–Crippen LogP) is 4.89. The minimum absolute atomic E-state index is 0.0354. The molecule has 0 unspecified atom stereocenters. The third kappa shape index (κ3) is 3.99. The number of nitrogens with zero attached hydrogens (tertiary/aromatic N) is 1. The highest BCUT2D eigenvalue weighted by Crippen LogP contribution is 2.60. The molecule has 1 aromatic rings. The molecule has 0 N–H and O–H groups in total. The molecule has 4 saturated heterocycles. The van der Waals surface area contributed by atoms with Gasteiger partial charge in [-0.25, -0.2) is 14.6 Å². The smallest absolute Gasteiger partial charge is 0.340 e. The van der Waals surface area contributed by atoms with E-state index in [9.17, 15) is 4.79 Å². The minimum atomic E-state index is -0.840. The summed E-state index contributed by atoms with van der Waals surface area (Å²) < 4.78 is 18.7. The van der Waals surface area contributed by atoms with Crippen molar-refractivity contribution in [3.63, 3.8) is 0 Å². The fourth-order valence-electron chi connectivity index (χ4n) is 6.63. The normalized spacial score (nSPS) is 41.1. The first-order valence-electron chi connectivity index (χ1n) is 13.0. The van der Waals surface area contributed by atoms with E-state index < -0.39 is 24.0 Å². The van der Waals surface area contributed by atoms with Gasteiger partial charge >= 0.3 is 5.97 Å². The molecule has 0 amide bonds. The Morgan fingerprint density at radius 3 is 2.50 bits per heavy atom. The summed E-state index contributed by atoms with van der Waals surface area (Å²) in [6.07, 6.45) is 2.51. The summed E-state index contributed by atoms with van der Waals surface area (Å²) >= 11 is 0. The molecule has 2 bridgehead atoms. The summed E-state index contributed by atoms with van der Waals surface area (Å²) in [6, 6.07) is 7.69. The summed E-state index contributed by atoms with van der Waals surface area (Å²) in [5, 5.41) is 0. The lowest BCUT2D eigenvalue weighted by molar-refractivity contribution is -0.576. The largest absolute Gasteiger partial charge is 0.432 e. The molecule has 4 heterocycles. The number of carbonyl (C=O) groups is 1. The molecular formula is C27H39NO6. The van der Waals surface area contributed by atoms with E-state index in [0.29, 0.717) is 11.5 Å². The van der Waals surface area contributed by atoms with Gasteiger partial charge < -0.3 is 14.2 Å². The van der Waals surface area contributed by atoms with Crippen LogP contribution in [0.3, 0.4) is 0 Å². The summed E-state index contributed by atoms with van der Waals surface area (Å²) in [4.78, 5) is 27.4. The summed E-state index contributed by atoms with van der Waals surface area (Å²) in [5.41, 5.74) is 1.06. The Bertz CT molecular complexity index is 888. The predicted molar refractivity (Wildman–Crippen MR) is 125 cm³/mol. The van der Waals surface area contributed by atoms with Gasteiger partial charge in [0.2, 0.25) is 12.1 Å². The van der Waals surface area contributed by atoms with Crippen molar-refractivity contribution in [3.05, 3.63) is 35.4 Å². The first kappa shape index (κ1) is 24.2. The molecule has 1 aliphatic carbocycles. The highest BCUT2D eigenvalue weighted by molar-refractivity contribution is 5.89. The van der Waals surface area contributed by atoms with Crippen molar-refractivity contribution in [1.82, 2.24) is 4.90 Å². The van der Waals surface area contributed by atoms with Gasteiger partial charge in [-0.1, -0.05) is 39.8 Å². The molecule has 7 nitrogen and oxygen atoms in total. The number of carbonyl (C=O) groups excluding carboxylic acids is 1. The Balaban J connectivity index is 1.33. The lowest BCUT2D eigenvalue weighted by atomic mass is 9.58. The summed E-state index contributed by atoms with van der Waals surface area (Å²) in [5.74, 6) is -0.330. The first-order valence-corrected chi connectivity index (χ1v) is 13.0.